The fourth-order valence-corrected chi connectivity index (χ4v) is 1.73. The van der Waals surface area contributed by atoms with E-state index in [9.17, 15) is 15.0 Å². The zero-order valence-electron chi connectivity index (χ0n) is 9.00. The molecule has 1 saturated heterocycles. The number of ether oxygens (including phenoxy) is 2. The second kappa shape index (κ2) is 5.55. The highest BCUT2D eigenvalue weighted by molar-refractivity contribution is 5.50. The highest BCUT2D eigenvalue weighted by atomic mass is 16.7. The summed E-state index contributed by atoms with van der Waals surface area (Å²) in [5.74, 6) is -0.345. The van der Waals surface area contributed by atoms with Gasteiger partial charge in [-0.2, -0.15) is 0 Å². The van der Waals surface area contributed by atoms with E-state index in [1.165, 1.54) is 0 Å². The predicted octanol–water partition coefficient (Wildman–Crippen LogP) is -0.305. The van der Waals surface area contributed by atoms with E-state index in [1.807, 2.05) is 6.92 Å². The lowest BCUT2D eigenvalue weighted by Crippen LogP contribution is -2.54. The maximum absolute atomic E-state index is 10.2. The second-order valence-electron chi connectivity index (χ2n) is 3.79. The molecule has 0 spiro atoms. The quantitative estimate of drug-likeness (QED) is 0.633. The molecule has 1 aliphatic rings. The van der Waals surface area contributed by atoms with Crippen LogP contribution in [0.3, 0.4) is 0 Å². The molecule has 1 aliphatic heterocycles. The standard InChI is InChI=1S/C10H18O5/c1-3-7-9(13)8(12)6(2)10(15-7)14-5-4-11/h4,6-10,12-13H,3,5H2,1-2H3. The molecule has 88 valence electrons. The first-order valence-electron chi connectivity index (χ1n) is 5.18. The minimum absolute atomic E-state index is 0.0613. The van der Waals surface area contributed by atoms with Crippen LogP contribution in [0.15, 0.2) is 0 Å². The van der Waals surface area contributed by atoms with E-state index in [-0.39, 0.29) is 12.5 Å². The van der Waals surface area contributed by atoms with Gasteiger partial charge in [-0.3, -0.25) is 0 Å². The van der Waals surface area contributed by atoms with Crippen LogP contribution in [0.5, 0.6) is 0 Å². The van der Waals surface area contributed by atoms with Gasteiger partial charge in [0.2, 0.25) is 0 Å². The lowest BCUT2D eigenvalue weighted by molar-refractivity contribution is -0.274. The summed E-state index contributed by atoms with van der Waals surface area (Å²) in [6, 6.07) is 0. The summed E-state index contributed by atoms with van der Waals surface area (Å²) in [5, 5.41) is 19.4. The van der Waals surface area contributed by atoms with Gasteiger partial charge in [0.1, 0.15) is 19.0 Å². The van der Waals surface area contributed by atoms with Crippen LogP contribution < -0.4 is 0 Å². The van der Waals surface area contributed by atoms with Gasteiger partial charge in [0.15, 0.2) is 6.29 Å². The van der Waals surface area contributed by atoms with Crippen LogP contribution in [-0.2, 0) is 14.3 Å². The molecule has 5 atom stereocenters. The largest absolute Gasteiger partial charge is 0.390 e. The summed E-state index contributed by atoms with van der Waals surface area (Å²) in [4.78, 5) is 10.2. The Morgan fingerprint density at radius 1 is 1.40 bits per heavy atom. The van der Waals surface area contributed by atoms with Crippen molar-refractivity contribution in [2.24, 2.45) is 5.92 Å². The third-order valence-corrected chi connectivity index (χ3v) is 2.74. The highest BCUT2D eigenvalue weighted by Gasteiger charge is 2.41. The summed E-state index contributed by atoms with van der Waals surface area (Å²) in [5.41, 5.74) is 0. The third kappa shape index (κ3) is 2.75. The topological polar surface area (TPSA) is 76.0 Å². The van der Waals surface area contributed by atoms with Gasteiger partial charge in [-0.05, 0) is 6.42 Å². The highest BCUT2D eigenvalue weighted by Crippen LogP contribution is 2.27. The van der Waals surface area contributed by atoms with E-state index in [1.54, 1.807) is 6.92 Å². The Hall–Kier alpha value is -0.490. The van der Waals surface area contributed by atoms with Gasteiger partial charge in [0.25, 0.3) is 0 Å². The molecule has 1 fully saturated rings. The molecule has 0 aromatic carbocycles. The summed E-state index contributed by atoms with van der Waals surface area (Å²) >= 11 is 0. The lowest BCUT2D eigenvalue weighted by Gasteiger charge is -2.40. The molecule has 0 bridgehead atoms. The second-order valence-corrected chi connectivity index (χ2v) is 3.79. The SMILES string of the molecule is CCC1OC(OCC=O)C(C)C(O)C1O. The lowest BCUT2D eigenvalue weighted by atomic mass is 9.91. The van der Waals surface area contributed by atoms with Crippen LogP contribution in [0.1, 0.15) is 20.3 Å². The van der Waals surface area contributed by atoms with Crippen molar-refractivity contribution in [1.82, 2.24) is 0 Å². The Kier molecular flexibility index (Phi) is 4.66. The molecule has 5 unspecified atom stereocenters. The van der Waals surface area contributed by atoms with Gasteiger partial charge in [-0.15, -0.1) is 0 Å². The molecule has 2 N–H and O–H groups in total. The first-order chi connectivity index (χ1) is 7.11. The molecule has 0 saturated carbocycles. The Labute approximate surface area is 89.0 Å². The average Bonchev–Trinajstić information content (AvgIpc) is 2.25. The first-order valence-corrected chi connectivity index (χ1v) is 5.18. The Morgan fingerprint density at radius 2 is 2.07 bits per heavy atom. The summed E-state index contributed by atoms with van der Waals surface area (Å²) in [7, 11) is 0. The zero-order chi connectivity index (χ0) is 11.4. The molecule has 1 heterocycles. The minimum atomic E-state index is -0.888. The normalized spacial score (nSPS) is 41.5. The van der Waals surface area contributed by atoms with E-state index in [2.05, 4.69) is 0 Å². The molecule has 5 heteroatoms. The number of hydrogen-bond acceptors (Lipinski definition) is 5. The Bertz CT molecular complexity index is 206. The van der Waals surface area contributed by atoms with Crippen molar-refractivity contribution in [3.63, 3.8) is 0 Å². The van der Waals surface area contributed by atoms with Crippen molar-refractivity contribution in [3.8, 4) is 0 Å². The van der Waals surface area contributed by atoms with Gasteiger partial charge < -0.3 is 24.5 Å². The van der Waals surface area contributed by atoms with Crippen LogP contribution in [0.2, 0.25) is 0 Å². The molecular formula is C10H18O5. The summed E-state index contributed by atoms with van der Waals surface area (Å²) < 4.78 is 10.6. The van der Waals surface area contributed by atoms with Gasteiger partial charge in [-0.25, -0.2) is 0 Å². The van der Waals surface area contributed by atoms with Crippen LogP contribution in [0.4, 0.5) is 0 Å². The maximum atomic E-state index is 10.2. The molecular weight excluding hydrogens is 200 g/mol. The van der Waals surface area contributed by atoms with Crippen LogP contribution in [0.25, 0.3) is 0 Å². The number of carbonyl (C=O) groups is 1. The molecule has 0 radical (unpaired) electrons. The van der Waals surface area contributed by atoms with E-state index in [0.717, 1.165) is 0 Å². The number of rotatable bonds is 4. The van der Waals surface area contributed by atoms with Crippen molar-refractivity contribution >= 4 is 6.29 Å². The number of aldehydes is 1. The average molecular weight is 218 g/mol. The number of hydrogen-bond donors (Lipinski definition) is 2. The monoisotopic (exact) mass is 218 g/mol. The first kappa shape index (κ1) is 12.6. The molecule has 0 aromatic heterocycles. The summed E-state index contributed by atoms with van der Waals surface area (Å²) in [6.45, 7) is 3.51. The van der Waals surface area contributed by atoms with Crippen LogP contribution in [0, 0.1) is 5.92 Å². The van der Waals surface area contributed by atoms with Crippen molar-refractivity contribution in [3.05, 3.63) is 0 Å². The van der Waals surface area contributed by atoms with E-state index in [4.69, 9.17) is 9.47 Å². The van der Waals surface area contributed by atoms with Gasteiger partial charge in [0.05, 0.1) is 12.2 Å². The smallest absolute Gasteiger partial charge is 0.163 e. The van der Waals surface area contributed by atoms with Crippen molar-refractivity contribution in [2.45, 2.75) is 44.9 Å². The van der Waals surface area contributed by atoms with E-state index in [0.29, 0.717) is 12.7 Å². The Balaban J connectivity index is 2.60. The molecule has 15 heavy (non-hydrogen) atoms. The van der Waals surface area contributed by atoms with Crippen LogP contribution in [-0.4, -0.2) is 47.7 Å². The summed E-state index contributed by atoms with van der Waals surface area (Å²) in [6.07, 6.45) is -1.60. The molecule has 0 amide bonds. The fraction of sp³-hybridized carbons (Fsp3) is 0.900. The van der Waals surface area contributed by atoms with Crippen molar-refractivity contribution in [2.75, 3.05) is 6.61 Å². The van der Waals surface area contributed by atoms with E-state index >= 15 is 0 Å². The van der Waals surface area contributed by atoms with Gasteiger partial charge in [-0.1, -0.05) is 13.8 Å². The van der Waals surface area contributed by atoms with Gasteiger partial charge >= 0.3 is 0 Å². The predicted molar refractivity (Wildman–Crippen MR) is 52.1 cm³/mol. The third-order valence-electron chi connectivity index (χ3n) is 2.74. The number of aliphatic hydroxyl groups excluding tert-OH is 2. The minimum Gasteiger partial charge on any atom is -0.390 e. The Morgan fingerprint density at radius 3 is 2.60 bits per heavy atom. The number of aliphatic hydroxyl groups is 2. The van der Waals surface area contributed by atoms with E-state index < -0.39 is 24.6 Å². The van der Waals surface area contributed by atoms with Crippen molar-refractivity contribution < 1.29 is 24.5 Å². The molecule has 0 aromatic rings. The zero-order valence-corrected chi connectivity index (χ0v) is 9.00. The maximum Gasteiger partial charge on any atom is 0.163 e. The molecule has 1 rings (SSSR count). The van der Waals surface area contributed by atoms with Crippen LogP contribution >= 0.6 is 0 Å². The number of carbonyl (C=O) groups excluding carboxylic acids is 1. The van der Waals surface area contributed by atoms with Crippen molar-refractivity contribution in [1.29, 1.82) is 0 Å². The van der Waals surface area contributed by atoms with Gasteiger partial charge in [0, 0.05) is 5.92 Å². The molecule has 5 nitrogen and oxygen atoms in total. The molecule has 0 aliphatic carbocycles. The fourth-order valence-electron chi connectivity index (χ4n) is 1.73.